The van der Waals surface area contributed by atoms with Crippen molar-refractivity contribution >= 4 is 22.2 Å². The molecule has 1 fully saturated rings. The summed E-state index contributed by atoms with van der Waals surface area (Å²) in [6, 6.07) is 7.90. The third-order valence-electron chi connectivity index (χ3n) is 2.27. The molecule has 1 aliphatic heterocycles. The fraction of sp³-hybridized carbons (Fsp3) is 0.364. The standard InChI is InChI=1S/C11H11BrO3/c12-10-4-2-1-3-8(10)5-11-14-7-9(6-13)15-11/h1-4,6,9,11H,5,7H2. The first-order valence-electron chi connectivity index (χ1n) is 4.75. The maximum Gasteiger partial charge on any atom is 0.162 e. The minimum atomic E-state index is -0.405. The van der Waals surface area contributed by atoms with E-state index in [9.17, 15) is 4.79 Å². The Labute approximate surface area is 96.5 Å². The predicted molar refractivity (Wildman–Crippen MR) is 58.5 cm³/mol. The summed E-state index contributed by atoms with van der Waals surface area (Å²) < 4.78 is 11.7. The molecule has 0 amide bonds. The quantitative estimate of drug-likeness (QED) is 0.788. The fourth-order valence-corrected chi connectivity index (χ4v) is 1.94. The molecule has 1 heterocycles. The van der Waals surface area contributed by atoms with Gasteiger partial charge in [-0.2, -0.15) is 0 Å². The Kier molecular flexibility index (Phi) is 3.51. The minimum Gasteiger partial charge on any atom is -0.349 e. The lowest BCUT2D eigenvalue weighted by molar-refractivity contribution is -0.119. The number of rotatable bonds is 3. The monoisotopic (exact) mass is 270 g/mol. The summed E-state index contributed by atoms with van der Waals surface area (Å²) in [4.78, 5) is 10.5. The van der Waals surface area contributed by atoms with Crippen LogP contribution < -0.4 is 0 Å². The van der Waals surface area contributed by atoms with E-state index in [1.165, 1.54) is 0 Å². The van der Waals surface area contributed by atoms with Crippen LogP contribution in [0.25, 0.3) is 0 Å². The molecule has 2 atom stereocenters. The van der Waals surface area contributed by atoms with Crippen LogP contribution in [0.2, 0.25) is 0 Å². The Balaban J connectivity index is 1.98. The zero-order chi connectivity index (χ0) is 10.7. The van der Waals surface area contributed by atoms with Crippen molar-refractivity contribution in [2.75, 3.05) is 6.61 Å². The normalized spacial score (nSPS) is 25.4. The van der Waals surface area contributed by atoms with E-state index in [2.05, 4.69) is 15.9 Å². The molecule has 2 rings (SSSR count). The van der Waals surface area contributed by atoms with Crippen LogP contribution in [0.3, 0.4) is 0 Å². The summed E-state index contributed by atoms with van der Waals surface area (Å²) in [6.45, 7) is 0.360. The van der Waals surface area contributed by atoms with Gasteiger partial charge in [0.05, 0.1) is 6.61 Å². The Bertz CT molecular complexity index is 353. The van der Waals surface area contributed by atoms with Crippen molar-refractivity contribution in [3.8, 4) is 0 Å². The average Bonchev–Trinajstić information content (AvgIpc) is 2.69. The molecule has 15 heavy (non-hydrogen) atoms. The molecule has 0 spiro atoms. The number of carbonyl (C=O) groups is 1. The third-order valence-corrected chi connectivity index (χ3v) is 3.04. The highest BCUT2D eigenvalue weighted by Gasteiger charge is 2.25. The molecule has 1 aromatic carbocycles. The number of halogens is 1. The zero-order valence-electron chi connectivity index (χ0n) is 8.06. The first-order valence-corrected chi connectivity index (χ1v) is 5.54. The van der Waals surface area contributed by atoms with Crippen molar-refractivity contribution in [3.63, 3.8) is 0 Å². The van der Waals surface area contributed by atoms with Gasteiger partial charge < -0.3 is 14.3 Å². The molecule has 1 aliphatic rings. The van der Waals surface area contributed by atoms with Gasteiger partial charge in [0.25, 0.3) is 0 Å². The van der Waals surface area contributed by atoms with E-state index in [0.717, 1.165) is 16.3 Å². The number of carbonyl (C=O) groups excluding carboxylic acids is 1. The Hall–Kier alpha value is -0.710. The van der Waals surface area contributed by atoms with Crippen LogP contribution in [-0.2, 0) is 20.7 Å². The van der Waals surface area contributed by atoms with E-state index >= 15 is 0 Å². The van der Waals surface area contributed by atoms with Gasteiger partial charge in [-0.05, 0) is 11.6 Å². The van der Waals surface area contributed by atoms with E-state index in [-0.39, 0.29) is 6.29 Å². The second kappa shape index (κ2) is 4.88. The Morgan fingerprint density at radius 2 is 2.27 bits per heavy atom. The van der Waals surface area contributed by atoms with E-state index in [1.54, 1.807) is 0 Å². The fourth-order valence-electron chi connectivity index (χ4n) is 1.50. The van der Waals surface area contributed by atoms with Gasteiger partial charge in [-0.25, -0.2) is 0 Å². The van der Waals surface area contributed by atoms with Gasteiger partial charge in [-0.3, -0.25) is 0 Å². The van der Waals surface area contributed by atoms with Crippen LogP contribution in [-0.4, -0.2) is 25.3 Å². The van der Waals surface area contributed by atoms with Gasteiger partial charge >= 0.3 is 0 Å². The van der Waals surface area contributed by atoms with Gasteiger partial charge in [0.2, 0.25) is 0 Å². The lowest BCUT2D eigenvalue weighted by Crippen LogP contribution is -2.15. The predicted octanol–water partition coefficient (Wildman–Crippen LogP) is 1.93. The van der Waals surface area contributed by atoms with Crippen LogP contribution in [0.1, 0.15) is 5.56 Å². The smallest absolute Gasteiger partial charge is 0.162 e. The lowest BCUT2D eigenvalue weighted by atomic mass is 10.1. The summed E-state index contributed by atoms with van der Waals surface area (Å²) in [7, 11) is 0. The zero-order valence-corrected chi connectivity index (χ0v) is 9.64. The van der Waals surface area contributed by atoms with Gasteiger partial charge in [-0.15, -0.1) is 0 Å². The first-order chi connectivity index (χ1) is 7.29. The maximum atomic E-state index is 10.5. The van der Waals surface area contributed by atoms with Crippen molar-refractivity contribution in [2.45, 2.75) is 18.8 Å². The van der Waals surface area contributed by atoms with E-state index in [1.807, 2.05) is 24.3 Å². The molecule has 1 saturated heterocycles. The van der Waals surface area contributed by atoms with Crippen molar-refractivity contribution in [2.24, 2.45) is 0 Å². The van der Waals surface area contributed by atoms with Crippen molar-refractivity contribution < 1.29 is 14.3 Å². The van der Waals surface area contributed by atoms with Gasteiger partial charge in [-0.1, -0.05) is 34.1 Å². The summed E-state index contributed by atoms with van der Waals surface area (Å²) in [5, 5.41) is 0. The van der Waals surface area contributed by atoms with Gasteiger partial charge in [0, 0.05) is 10.9 Å². The summed E-state index contributed by atoms with van der Waals surface area (Å²) in [6.07, 6.45) is 0.725. The van der Waals surface area contributed by atoms with Crippen molar-refractivity contribution in [1.82, 2.24) is 0 Å². The van der Waals surface area contributed by atoms with Crippen LogP contribution in [0, 0.1) is 0 Å². The second-order valence-electron chi connectivity index (χ2n) is 3.37. The molecular formula is C11H11BrO3. The molecule has 3 nitrogen and oxygen atoms in total. The van der Waals surface area contributed by atoms with Crippen molar-refractivity contribution in [1.29, 1.82) is 0 Å². The van der Waals surface area contributed by atoms with Gasteiger partial charge in [0.1, 0.15) is 6.10 Å². The molecule has 1 aromatic rings. The van der Waals surface area contributed by atoms with E-state index in [0.29, 0.717) is 13.0 Å². The highest BCUT2D eigenvalue weighted by atomic mass is 79.9. The molecule has 0 aliphatic carbocycles. The van der Waals surface area contributed by atoms with Gasteiger partial charge in [0.15, 0.2) is 12.6 Å². The summed E-state index contributed by atoms with van der Waals surface area (Å²) in [5.41, 5.74) is 1.12. The molecular weight excluding hydrogens is 260 g/mol. The third kappa shape index (κ3) is 2.65. The van der Waals surface area contributed by atoms with E-state index < -0.39 is 6.10 Å². The maximum absolute atomic E-state index is 10.5. The molecule has 80 valence electrons. The number of aldehydes is 1. The van der Waals surface area contributed by atoms with Crippen LogP contribution in [0.5, 0.6) is 0 Å². The Morgan fingerprint density at radius 3 is 2.93 bits per heavy atom. The summed E-state index contributed by atoms with van der Waals surface area (Å²) in [5.74, 6) is 0. The molecule has 0 radical (unpaired) electrons. The molecule has 0 saturated carbocycles. The van der Waals surface area contributed by atoms with Crippen LogP contribution in [0.15, 0.2) is 28.7 Å². The highest BCUT2D eigenvalue weighted by molar-refractivity contribution is 9.10. The highest BCUT2D eigenvalue weighted by Crippen LogP contribution is 2.21. The van der Waals surface area contributed by atoms with E-state index in [4.69, 9.17) is 9.47 Å². The average molecular weight is 271 g/mol. The lowest BCUT2D eigenvalue weighted by Gasteiger charge is -2.10. The first kappa shape index (κ1) is 10.8. The number of ether oxygens (including phenoxy) is 2. The summed E-state index contributed by atoms with van der Waals surface area (Å²) >= 11 is 3.46. The topological polar surface area (TPSA) is 35.5 Å². The molecule has 0 N–H and O–H groups in total. The molecule has 4 heteroatoms. The molecule has 0 bridgehead atoms. The minimum absolute atomic E-state index is 0.307. The van der Waals surface area contributed by atoms with Crippen LogP contribution in [0.4, 0.5) is 0 Å². The second-order valence-corrected chi connectivity index (χ2v) is 4.22. The van der Waals surface area contributed by atoms with Crippen molar-refractivity contribution in [3.05, 3.63) is 34.3 Å². The Morgan fingerprint density at radius 1 is 1.47 bits per heavy atom. The van der Waals surface area contributed by atoms with Crippen LogP contribution >= 0.6 is 15.9 Å². The largest absolute Gasteiger partial charge is 0.349 e. The number of hydrogen-bond donors (Lipinski definition) is 0. The molecule has 2 unspecified atom stereocenters. The SMILES string of the molecule is O=CC1COC(Cc2ccccc2Br)O1. The number of benzene rings is 1. The number of hydrogen-bond acceptors (Lipinski definition) is 3. The molecule has 0 aromatic heterocycles.